The van der Waals surface area contributed by atoms with Crippen LogP contribution in [-0.2, 0) is 0 Å². The van der Waals surface area contributed by atoms with E-state index in [-0.39, 0.29) is 5.56 Å². The quantitative estimate of drug-likeness (QED) is 0.677. The van der Waals surface area contributed by atoms with Gasteiger partial charge in [-0.1, -0.05) is 6.07 Å². The molecule has 3 aromatic rings. The van der Waals surface area contributed by atoms with Crippen LogP contribution in [0.1, 0.15) is 5.69 Å². The van der Waals surface area contributed by atoms with Crippen molar-refractivity contribution in [1.29, 1.82) is 0 Å². The van der Waals surface area contributed by atoms with Crippen molar-refractivity contribution in [3.63, 3.8) is 0 Å². The number of hydrogen-bond acceptors (Lipinski definition) is 3. The van der Waals surface area contributed by atoms with Crippen molar-refractivity contribution in [3.05, 3.63) is 56.1 Å². The number of nitrogens with one attached hydrogen (secondary N) is 1. The molecule has 1 N–H and O–H groups in total. The fourth-order valence-corrected chi connectivity index (χ4v) is 2.19. The molecule has 0 aliphatic rings. The molecule has 2 aromatic heterocycles. The topological polar surface area (TPSA) is 58.6 Å². The number of halogens is 1. The van der Waals surface area contributed by atoms with Crippen LogP contribution >= 0.6 is 22.6 Å². The summed E-state index contributed by atoms with van der Waals surface area (Å²) in [6.45, 7) is 1.84. The molecule has 0 spiro atoms. The van der Waals surface area contributed by atoms with Crippen molar-refractivity contribution in [2.24, 2.45) is 0 Å². The van der Waals surface area contributed by atoms with Crippen molar-refractivity contribution in [2.45, 2.75) is 6.92 Å². The van der Waals surface area contributed by atoms with Crippen molar-refractivity contribution < 1.29 is 0 Å². The molecule has 4 nitrogen and oxygen atoms in total. The van der Waals surface area contributed by atoms with Crippen LogP contribution in [0.5, 0.6) is 0 Å². The number of aryl methyl sites for hydroxylation is 1. The molecule has 3 rings (SSSR count). The van der Waals surface area contributed by atoms with Crippen LogP contribution in [0.4, 0.5) is 0 Å². The van der Waals surface area contributed by atoms with E-state index >= 15 is 0 Å². The van der Waals surface area contributed by atoms with Crippen LogP contribution < -0.4 is 5.56 Å². The summed E-state index contributed by atoms with van der Waals surface area (Å²) in [5.41, 5.74) is 2.45. The van der Waals surface area contributed by atoms with Gasteiger partial charge in [0.05, 0.1) is 14.8 Å². The van der Waals surface area contributed by atoms with Crippen LogP contribution in [-0.4, -0.2) is 15.0 Å². The lowest BCUT2D eigenvalue weighted by molar-refractivity contribution is 1.05. The Morgan fingerprint density at radius 2 is 2.11 bits per heavy atom. The van der Waals surface area contributed by atoms with Gasteiger partial charge in [0.1, 0.15) is 5.82 Å². The molecule has 0 radical (unpaired) electrons. The lowest BCUT2D eigenvalue weighted by Crippen LogP contribution is -2.14. The van der Waals surface area contributed by atoms with Gasteiger partial charge in [0, 0.05) is 17.1 Å². The van der Waals surface area contributed by atoms with Crippen LogP contribution in [0.2, 0.25) is 0 Å². The van der Waals surface area contributed by atoms with Gasteiger partial charge in [-0.3, -0.25) is 9.78 Å². The molecule has 19 heavy (non-hydrogen) atoms. The minimum Gasteiger partial charge on any atom is -0.306 e. The number of fused-ring (bicyclic) bond motifs is 1. The molecule has 0 aliphatic carbocycles. The summed E-state index contributed by atoms with van der Waals surface area (Å²) >= 11 is 2.00. The zero-order chi connectivity index (χ0) is 13.4. The van der Waals surface area contributed by atoms with E-state index in [1.54, 1.807) is 6.20 Å². The number of H-pyrrole nitrogens is 1. The van der Waals surface area contributed by atoms with Gasteiger partial charge in [-0.15, -0.1) is 0 Å². The van der Waals surface area contributed by atoms with Crippen LogP contribution in [0.3, 0.4) is 0 Å². The minimum absolute atomic E-state index is 0.102. The van der Waals surface area contributed by atoms with Gasteiger partial charge in [0.2, 0.25) is 0 Å². The molecule has 0 fully saturated rings. The summed E-state index contributed by atoms with van der Waals surface area (Å²) in [4.78, 5) is 23.3. The largest absolute Gasteiger partial charge is 0.306 e. The molecular weight excluding hydrogens is 353 g/mol. The van der Waals surface area contributed by atoms with E-state index in [1.807, 2.05) is 59.8 Å². The van der Waals surface area contributed by atoms with E-state index < -0.39 is 0 Å². The third-order valence-corrected chi connectivity index (χ3v) is 4.18. The summed E-state index contributed by atoms with van der Waals surface area (Å²) in [5, 5.41) is 1.03. The average molecular weight is 363 g/mol. The van der Waals surface area contributed by atoms with Gasteiger partial charge in [0.15, 0.2) is 0 Å². The molecule has 0 saturated heterocycles. The maximum absolute atomic E-state index is 11.8. The van der Waals surface area contributed by atoms with Crippen LogP contribution in [0.15, 0.2) is 41.3 Å². The van der Waals surface area contributed by atoms with Crippen molar-refractivity contribution in [1.82, 2.24) is 15.0 Å². The first-order valence-electron chi connectivity index (χ1n) is 5.77. The maximum atomic E-state index is 11.8. The smallest absolute Gasteiger partial charge is 0.264 e. The molecule has 0 unspecified atom stereocenters. The number of pyridine rings is 1. The van der Waals surface area contributed by atoms with Gasteiger partial charge >= 0.3 is 0 Å². The highest BCUT2D eigenvalue weighted by molar-refractivity contribution is 14.1. The molecular formula is C14H10IN3O. The summed E-state index contributed by atoms with van der Waals surface area (Å²) in [6, 6.07) is 9.70. The number of rotatable bonds is 1. The molecule has 0 atom stereocenters. The molecule has 1 aromatic carbocycles. The zero-order valence-electron chi connectivity index (χ0n) is 10.1. The highest BCUT2D eigenvalue weighted by Crippen LogP contribution is 2.20. The Morgan fingerprint density at radius 1 is 1.26 bits per heavy atom. The van der Waals surface area contributed by atoms with Gasteiger partial charge in [0.25, 0.3) is 5.56 Å². The van der Waals surface area contributed by atoms with E-state index in [1.165, 1.54) is 0 Å². The SMILES string of the molecule is Cc1nc(-c2ccc3ncccc3c2)[nH]c(=O)c1I. The number of hydrogen-bond donors (Lipinski definition) is 1. The predicted molar refractivity (Wildman–Crippen MR) is 83.0 cm³/mol. The summed E-state index contributed by atoms with van der Waals surface area (Å²) < 4.78 is 0.629. The number of benzene rings is 1. The molecule has 0 bridgehead atoms. The molecule has 2 heterocycles. The fourth-order valence-electron chi connectivity index (χ4n) is 1.93. The van der Waals surface area contributed by atoms with E-state index in [0.717, 1.165) is 22.2 Å². The normalized spacial score (nSPS) is 10.8. The van der Waals surface area contributed by atoms with E-state index in [2.05, 4.69) is 15.0 Å². The molecule has 0 aliphatic heterocycles. The first kappa shape index (κ1) is 12.3. The molecule has 0 amide bonds. The Hall–Kier alpha value is -1.76. The predicted octanol–water partition coefficient (Wildman–Crippen LogP) is 2.90. The fraction of sp³-hybridized carbons (Fsp3) is 0.0714. The van der Waals surface area contributed by atoms with Gasteiger partial charge in [-0.25, -0.2) is 4.98 Å². The first-order chi connectivity index (χ1) is 9.15. The highest BCUT2D eigenvalue weighted by atomic mass is 127. The van der Waals surface area contributed by atoms with E-state index in [4.69, 9.17) is 0 Å². The molecule has 94 valence electrons. The lowest BCUT2D eigenvalue weighted by Gasteiger charge is -2.05. The lowest BCUT2D eigenvalue weighted by atomic mass is 10.1. The van der Waals surface area contributed by atoms with Crippen LogP contribution in [0.25, 0.3) is 22.3 Å². The zero-order valence-corrected chi connectivity index (χ0v) is 12.3. The first-order valence-corrected chi connectivity index (χ1v) is 6.84. The second-order valence-corrected chi connectivity index (χ2v) is 5.30. The Kier molecular flexibility index (Phi) is 3.06. The minimum atomic E-state index is -0.102. The monoisotopic (exact) mass is 363 g/mol. The Labute approximate surface area is 123 Å². The number of nitrogens with zero attached hydrogens (tertiary/aromatic N) is 2. The van der Waals surface area contributed by atoms with Gasteiger partial charge in [-0.2, -0.15) is 0 Å². The van der Waals surface area contributed by atoms with E-state index in [0.29, 0.717) is 9.39 Å². The van der Waals surface area contributed by atoms with Crippen molar-refractivity contribution in [2.75, 3.05) is 0 Å². The standard InChI is InChI=1S/C14H10IN3O/c1-8-12(15)14(19)18-13(17-8)10-4-5-11-9(7-10)3-2-6-16-11/h2-7H,1H3,(H,17,18,19). The second kappa shape index (κ2) is 4.73. The summed E-state index contributed by atoms with van der Waals surface area (Å²) in [5.74, 6) is 0.591. The summed E-state index contributed by atoms with van der Waals surface area (Å²) in [6.07, 6.45) is 1.76. The second-order valence-electron chi connectivity index (χ2n) is 4.22. The van der Waals surface area contributed by atoms with Crippen molar-refractivity contribution >= 4 is 33.5 Å². The van der Waals surface area contributed by atoms with Crippen molar-refractivity contribution in [3.8, 4) is 11.4 Å². The number of aromatic amines is 1. The molecule has 5 heteroatoms. The highest BCUT2D eigenvalue weighted by Gasteiger charge is 2.07. The van der Waals surface area contributed by atoms with E-state index in [9.17, 15) is 4.79 Å². The van der Waals surface area contributed by atoms with Crippen LogP contribution in [0, 0.1) is 10.5 Å². The Bertz CT molecular complexity index is 826. The maximum Gasteiger partial charge on any atom is 0.264 e. The Balaban J connectivity index is 2.22. The number of aromatic nitrogens is 3. The third kappa shape index (κ3) is 2.25. The van der Waals surface area contributed by atoms with Gasteiger partial charge in [-0.05, 0) is 53.8 Å². The molecule has 0 saturated carbocycles. The summed E-state index contributed by atoms with van der Waals surface area (Å²) in [7, 11) is 0. The average Bonchev–Trinajstić information content (AvgIpc) is 2.43. The Morgan fingerprint density at radius 3 is 2.89 bits per heavy atom. The third-order valence-electron chi connectivity index (χ3n) is 2.90. The van der Waals surface area contributed by atoms with Gasteiger partial charge < -0.3 is 4.98 Å².